The molecule has 0 aliphatic rings. The van der Waals surface area contributed by atoms with Crippen LogP contribution in [0.4, 0.5) is 17.1 Å². The van der Waals surface area contributed by atoms with Crippen LogP contribution in [-0.4, -0.2) is 4.57 Å². The zero-order valence-corrected chi connectivity index (χ0v) is 43.2. The maximum atomic E-state index is 2.55. The lowest BCUT2D eigenvalue weighted by molar-refractivity contribution is 0.569. The first-order valence-corrected chi connectivity index (χ1v) is 25.3. The van der Waals surface area contributed by atoms with E-state index in [1.54, 1.807) is 0 Å². The van der Waals surface area contributed by atoms with Crippen LogP contribution in [0, 0.1) is 0 Å². The molecule has 10 aromatic carbocycles. The Morgan fingerprint density at radius 3 is 1.33 bits per heavy atom. The van der Waals surface area contributed by atoms with Crippen LogP contribution in [0.5, 0.6) is 0 Å². The second-order valence-corrected chi connectivity index (χ2v) is 24.0. The molecule has 11 rings (SSSR count). The molecule has 70 heavy (non-hydrogen) atoms. The van der Waals surface area contributed by atoms with Crippen molar-refractivity contribution < 1.29 is 0 Å². The third-order valence-electron chi connectivity index (χ3n) is 14.9. The van der Waals surface area contributed by atoms with E-state index in [1.807, 2.05) is 0 Å². The molecule has 1 aromatic heterocycles. The highest BCUT2D eigenvalue weighted by molar-refractivity contribution is 6.27. The van der Waals surface area contributed by atoms with E-state index < -0.39 is 0 Å². The Hall–Kier alpha value is -7.16. The highest BCUT2D eigenvalue weighted by Crippen LogP contribution is 2.49. The molecule has 0 aliphatic heterocycles. The Balaban J connectivity index is 1.20. The largest absolute Gasteiger partial charge is 0.310 e. The highest BCUT2D eigenvalue weighted by atomic mass is 15.1. The summed E-state index contributed by atoms with van der Waals surface area (Å²) >= 11 is 0. The first-order chi connectivity index (χ1) is 33.2. The molecule has 1 heterocycles. The molecule has 0 atom stereocenters. The quantitative estimate of drug-likeness (QED) is 0.151. The third-order valence-corrected chi connectivity index (χ3v) is 14.9. The topological polar surface area (TPSA) is 8.17 Å². The summed E-state index contributed by atoms with van der Waals surface area (Å²) in [7, 11) is 0. The fourth-order valence-corrected chi connectivity index (χ4v) is 10.8. The molecule has 2 heteroatoms. The molecule has 11 aromatic rings. The summed E-state index contributed by atoms with van der Waals surface area (Å²) in [5.41, 5.74) is 17.2. The molecule has 0 spiro atoms. The van der Waals surface area contributed by atoms with E-state index in [2.05, 4.69) is 275 Å². The molecule has 0 N–H and O–H groups in total. The van der Waals surface area contributed by atoms with Gasteiger partial charge in [0.25, 0.3) is 0 Å². The highest BCUT2D eigenvalue weighted by Gasteiger charge is 2.27. The van der Waals surface area contributed by atoms with Gasteiger partial charge in [-0.15, -0.1) is 0 Å². The number of fused-ring (bicyclic) bond motifs is 3. The molecular weight excluding hydrogens is 845 g/mol. The Kier molecular flexibility index (Phi) is 10.5. The average molecular weight is 911 g/mol. The van der Waals surface area contributed by atoms with Crippen LogP contribution in [0.3, 0.4) is 0 Å². The van der Waals surface area contributed by atoms with Crippen LogP contribution < -0.4 is 4.90 Å². The summed E-state index contributed by atoms with van der Waals surface area (Å²) in [4.78, 5) is 2.55. The first-order valence-electron chi connectivity index (χ1n) is 25.3. The fraction of sp³-hybridized carbons (Fsp3) is 0.235. The molecule has 0 fully saturated rings. The van der Waals surface area contributed by atoms with Crippen molar-refractivity contribution in [2.24, 2.45) is 0 Å². The van der Waals surface area contributed by atoms with Crippen molar-refractivity contribution in [1.29, 1.82) is 0 Å². The molecule has 0 aliphatic carbocycles. The SMILES string of the molecule is CC(C)(C)c1cc(N(c2ccc(-c3ccccc3)c(-c3ccccc3)c2)c2ccc3ccc4c(-n5c6ccc(C(C)(C)C)cc6c6cc(C(C)(C)C)ccc65)ccc5ccc2c3c54)cc(C(C)(C)C)c1. The van der Waals surface area contributed by atoms with Crippen LogP contribution in [0.2, 0.25) is 0 Å². The average Bonchev–Trinajstić information content (AvgIpc) is 3.66. The fourth-order valence-electron chi connectivity index (χ4n) is 10.8. The van der Waals surface area contributed by atoms with E-state index in [-0.39, 0.29) is 21.7 Å². The van der Waals surface area contributed by atoms with E-state index in [0.717, 1.165) is 17.1 Å². The molecule has 0 saturated heterocycles. The Morgan fingerprint density at radius 1 is 0.329 bits per heavy atom. The summed E-state index contributed by atoms with van der Waals surface area (Å²) in [6.07, 6.45) is 0. The van der Waals surface area contributed by atoms with Crippen molar-refractivity contribution in [3.63, 3.8) is 0 Å². The Morgan fingerprint density at radius 2 is 0.800 bits per heavy atom. The van der Waals surface area contributed by atoms with Crippen molar-refractivity contribution in [3.05, 3.63) is 204 Å². The van der Waals surface area contributed by atoms with Gasteiger partial charge in [0, 0.05) is 32.9 Å². The number of nitrogens with zero attached hydrogens (tertiary/aromatic N) is 2. The molecule has 0 bridgehead atoms. The lowest BCUT2D eigenvalue weighted by Gasteiger charge is -2.32. The lowest BCUT2D eigenvalue weighted by atomic mass is 9.80. The molecule has 0 radical (unpaired) electrons. The summed E-state index contributed by atoms with van der Waals surface area (Å²) in [5.74, 6) is 0. The van der Waals surface area contributed by atoms with Crippen molar-refractivity contribution >= 4 is 71.2 Å². The van der Waals surface area contributed by atoms with E-state index in [9.17, 15) is 0 Å². The van der Waals surface area contributed by atoms with Crippen molar-refractivity contribution in [2.45, 2.75) is 105 Å². The number of anilines is 3. The third kappa shape index (κ3) is 7.73. The van der Waals surface area contributed by atoms with Crippen LogP contribution in [0.15, 0.2) is 182 Å². The van der Waals surface area contributed by atoms with Crippen LogP contribution in [0.25, 0.3) is 82.1 Å². The first kappa shape index (κ1) is 45.3. The monoisotopic (exact) mass is 911 g/mol. The number of rotatable bonds is 6. The van der Waals surface area contributed by atoms with Gasteiger partial charge in [-0.25, -0.2) is 0 Å². The number of hydrogen-bond donors (Lipinski definition) is 0. The standard InChI is InChI=1S/C68H66N2/c1-65(2,3)47-27-35-61-57(40-47)58-41-48(66(4,5)6)28-36-62(58)70(61)60-34-26-46-23-30-54-59(33-25-45-24-31-55(60)64(46)63(45)54)69(52-38-49(67(7,8)9)37-50(39-52)68(10,11)12)51-29-32-53(43-19-15-13-16-20-43)56(42-51)44-21-17-14-18-22-44/h13-42H,1-12H3. The second-order valence-electron chi connectivity index (χ2n) is 24.0. The normalized spacial score (nSPS) is 12.9. The van der Waals surface area contributed by atoms with Gasteiger partial charge in [-0.05, 0) is 148 Å². The minimum Gasteiger partial charge on any atom is -0.310 e. The number of hydrogen-bond acceptors (Lipinski definition) is 1. The van der Waals surface area contributed by atoms with Gasteiger partial charge in [0.05, 0.1) is 22.4 Å². The number of aromatic nitrogens is 1. The maximum Gasteiger partial charge on any atom is 0.0541 e. The zero-order valence-electron chi connectivity index (χ0n) is 43.2. The van der Waals surface area contributed by atoms with Crippen LogP contribution >= 0.6 is 0 Å². The Labute approximate surface area is 415 Å². The smallest absolute Gasteiger partial charge is 0.0541 e. The van der Waals surface area contributed by atoms with Crippen molar-refractivity contribution in [2.75, 3.05) is 4.90 Å². The molecule has 0 amide bonds. The zero-order chi connectivity index (χ0) is 49.1. The van der Waals surface area contributed by atoms with Gasteiger partial charge in [0.15, 0.2) is 0 Å². The maximum absolute atomic E-state index is 2.55. The van der Waals surface area contributed by atoms with Gasteiger partial charge < -0.3 is 9.47 Å². The summed E-state index contributed by atoms with van der Waals surface area (Å²) in [6, 6.07) is 69.3. The van der Waals surface area contributed by atoms with E-state index in [0.29, 0.717) is 0 Å². The van der Waals surface area contributed by atoms with Gasteiger partial charge in [0.1, 0.15) is 0 Å². The van der Waals surface area contributed by atoms with Crippen molar-refractivity contribution in [1.82, 2.24) is 4.57 Å². The van der Waals surface area contributed by atoms with Gasteiger partial charge in [0.2, 0.25) is 0 Å². The van der Waals surface area contributed by atoms with Gasteiger partial charge >= 0.3 is 0 Å². The lowest BCUT2D eigenvalue weighted by Crippen LogP contribution is -2.19. The van der Waals surface area contributed by atoms with Gasteiger partial charge in [-0.2, -0.15) is 0 Å². The van der Waals surface area contributed by atoms with Gasteiger partial charge in [-0.3, -0.25) is 0 Å². The summed E-state index contributed by atoms with van der Waals surface area (Å²) < 4.78 is 2.54. The molecule has 0 unspecified atom stereocenters. The van der Waals surface area contributed by atoms with E-state index in [1.165, 1.54) is 104 Å². The van der Waals surface area contributed by atoms with E-state index >= 15 is 0 Å². The summed E-state index contributed by atoms with van der Waals surface area (Å²) in [5, 5.41) is 10.2. The van der Waals surface area contributed by atoms with Gasteiger partial charge in [-0.1, -0.05) is 204 Å². The van der Waals surface area contributed by atoms with Crippen LogP contribution in [0.1, 0.15) is 105 Å². The minimum atomic E-state index is -0.0669. The minimum absolute atomic E-state index is 0.0261. The van der Waals surface area contributed by atoms with E-state index in [4.69, 9.17) is 0 Å². The molecule has 348 valence electrons. The second kappa shape index (κ2) is 16.2. The predicted octanol–water partition coefficient (Wildman–Crippen LogP) is 19.7. The number of benzene rings is 10. The van der Waals surface area contributed by atoms with Crippen molar-refractivity contribution in [3.8, 4) is 27.9 Å². The summed E-state index contributed by atoms with van der Waals surface area (Å²) in [6.45, 7) is 27.9. The predicted molar refractivity (Wildman–Crippen MR) is 305 cm³/mol. The molecule has 0 saturated carbocycles. The van der Waals surface area contributed by atoms with Crippen LogP contribution in [-0.2, 0) is 21.7 Å². The Bertz CT molecular complexity index is 3680. The molecular formula is C68H66N2. The molecule has 2 nitrogen and oxygen atoms in total.